The number of nitro groups is 1. The maximum absolute atomic E-state index is 11.8. The van der Waals surface area contributed by atoms with E-state index in [2.05, 4.69) is 10.6 Å². The van der Waals surface area contributed by atoms with Crippen LogP contribution < -0.4 is 10.6 Å². The smallest absolute Gasteiger partial charge is 0.271 e. The topological polar surface area (TPSA) is 104 Å². The van der Waals surface area contributed by atoms with Crippen LogP contribution in [0.1, 0.15) is 5.56 Å². The van der Waals surface area contributed by atoms with Gasteiger partial charge in [0.15, 0.2) is 5.11 Å². The number of thiocarbonyl (C=S) groups is 1. The van der Waals surface area contributed by atoms with Crippen LogP contribution in [0.2, 0.25) is 5.02 Å². The van der Waals surface area contributed by atoms with Crippen molar-refractivity contribution in [3.63, 3.8) is 0 Å². The van der Waals surface area contributed by atoms with Crippen LogP contribution >= 0.6 is 23.8 Å². The molecule has 1 amide bonds. The number of non-ortho nitro benzene ring substituents is 1. The summed E-state index contributed by atoms with van der Waals surface area (Å²) in [4.78, 5) is 22.0. The molecule has 0 aromatic heterocycles. The first-order valence-electron chi connectivity index (χ1n) is 6.89. The summed E-state index contributed by atoms with van der Waals surface area (Å²) in [5.74, 6) is -0.767. The number of hydrogen-bond donors (Lipinski definition) is 3. The van der Waals surface area contributed by atoms with Gasteiger partial charge in [0, 0.05) is 23.2 Å². The minimum absolute atomic E-state index is 0.00887. The van der Waals surface area contributed by atoms with Gasteiger partial charge in [0.2, 0.25) is 5.91 Å². The molecule has 0 saturated carbocycles. The fourth-order valence-electron chi connectivity index (χ4n) is 1.82. The van der Waals surface area contributed by atoms with Crippen molar-refractivity contribution in [2.45, 2.75) is 0 Å². The van der Waals surface area contributed by atoms with Crippen LogP contribution in [0.15, 0.2) is 48.5 Å². The molecule has 128 valence electrons. The molecule has 0 aliphatic heterocycles. The number of amides is 1. The fourth-order valence-corrected chi connectivity index (χ4v) is 2.23. The van der Waals surface area contributed by atoms with Crippen LogP contribution in [0.25, 0.3) is 6.08 Å². The Morgan fingerprint density at radius 3 is 2.68 bits per heavy atom. The van der Waals surface area contributed by atoms with E-state index in [4.69, 9.17) is 23.8 Å². The number of nitrogens with zero attached hydrogens (tertiary/aromatic N) is 1. The zero-order chi connectivity index (χ0) is 18.4. The average molecular weight is 378 g/mol. The van der Waals surface area contributed by atoms with Gasteiger partial charge >= 0.3 is 0 Å². The van der Waals surface area contributed by atoms with E-state index in [1.165, 1.54) is 12.2 Å². The summed E-state index contributed by atoms with van der Waals surface area (Å²) >= 11 is 10.9. The average Bonchev–Trinajstić information content (AvgIpc) is 2.55. The van der Waals surface area contributed by atoms with E-state index in [0.29, 0.717) is 10.6 Å². The number of anilines is 1. The monoisotopic (exact) mass is 377 g/mol. The van der Waals surface area contributed by atoms with E-state index in [1.54, 1.807) is 24.3 Å². The third kappa shape index (κ3) is 5.27. The molecule has 0 heterocycles. The van der Waals surface area contributed by atoms with E-state index in [9.17, 15) is 20.0 Å². The first kappa shape index (κ1) is 18.4. The minimum Gasteiger partial charge on any atom is -0.506 e. The Balaban J connectivity index is 2.00. The van der Waals surface area contributed by atoms with E-state index >= 15 is 0 Å². The molecule has 0 spiro atoms. The fraction of sp³-hybridized carbons (Fsp3) is 0. The van der Waals surface area contributed by atoms with Gasteiger partial charge in [0.1, 0.15) is 5.75 Å². The standard InChI is InChI=1S/C16H12ClN3O4S/c17-12-4-2-1-3-10(12)5-8-15(22)19-16(25)18-13-9-11(20(23)24)6-7-14(13)21/h1-9,21H,(H2,18,19,22,25)/b8-5+. The predicted octanol–water partition coefficient (Wildman–Crippen LogP) is 3.48. The van der Waals surface area contributed by atoms with Gasteiger partial charge in [-0.25, -0.2) is 0 Å². The molecule has 0 bridgehead atoms. The van der Waals surface area contributed by atoms with Gasteiger partial charge in [-0.05, 0) is 36.0 Å². The van der Waals surface area contributed by atoms with Gasteiger partial charge < -0.3 is 10.4 Å². The molecule has 3 N–H and O–H groups in total. The second-order valence-corrected chi connectivity index (χ2v) is 5.57. The van der Waals surface area contributed by atoms with Crippen molar-refractivity contribution >= 4 is 52.3 Å². The number of hydrogen-bond acceptors (Lipinski definition) is 5. The molecule has 7 nitrogen and oxygen atoms in total. The van der Waals surface area contributed by atoms with Crippen LogP contribution in [0.5, 0.6) is 5.75 Å². The second-order valence-electron chi connectivity index (χ2n) is 4.76. The normalized spacial score (nSPS) is 10.4. The third-order valence-electron chi connectivity index (χ3n) is 3.00. The Morgan fingerprint density at radius 1 is 1.28 bits per heavy atom. The van der Waals surface area contributed by atoms with Crippen molar-refractivity contribution < 1.29 is 14.8 Å². The summed E-state index contributed by atoms with van der Waals surface area (Å²) in [7, 11) is 0. The Kier molecular flexibility index (Phi) is 6.04. The van der Waals surface area contributed by atoms with Crippen LogP contribution in [0.3, 0.4) is 0 Å². The maximum Gasteiger partial charge on any atom is 0.271 e. The van der Waals surface area contributed by atoms with E-state index in [-0.39, 0.29) is 22.2 Å². The van der Waals surface area contributed by atoms with Crippen molar-refractivity contribution in [2.75, 3.05) is 5.32 Å². The lowest BCUT2D eigenvalue weighted by molar-refractivity contribution is -0.384. The lowest BCUT2D eigenvalue weighted by Gasteiger charge is -2.09. The number of halogens is 1. The predicted molar refractivity (Wildman–Crippen MR) is 99.6 cm³/mol. The number of carbonyl (C=O) groups is 1. The summed E-state index contributed by atoms with van der Waals surface area (Å²) < 4.78 is 0. The van der Waals surface area contributed by atoms with E-state index in [1.807, 2.05) is 0 Å². The van der Waals surface area contributed by atoms with Crippen LogP contribution in [-0.2, 0) is 4.79 Å². The number of benzene rings is 2. The lowest BCUT2D eigenvalue weighted by Crippen LogP contribution is -2.32. The van der Waals surface area contributed by atoms with Crippen molar-refractivity contribution in [3.05, 3.63) is 69.2 Å². The van der Waals surface area contributed by atoms with Crippen molar-refractivity contribution in [1.29, 1.82) is 0 Å². The van der Waals surface area contributed by atoms with Gasteiger partial charge in [-0.15, -0.1) is 0 Å². The summed E-state index contributed by atoms with van der Waals surface area (Å²) in [6, 6.07) is 10.4. The molecule has 0 saturated heterocycles. The highest BCUT2D eigenvalue weighted by Gasteiger charge is 2.12. The molecule has 0 atom stereocenters. The number of phenolic OH excluding ortho intramolecular Hbond substituents is 1. The number of rotatable bonds is 4. The highest BCUT2D eigenvalue weighted by Crippen LogP contribution is 2.27. The van der Waals surface area contributed by atoms with E-state index < -0.39 is 10.8 Å². The Morgan fingerprint density at radius 2 is 2.00 bits per heavy atom. The Labute approximate surface area is 153 Å². The molecule has 0 aliphatic carbocycles. The first-order valence-corrected chi connectivity index (χ1v) is 7.67. The quantitative estimate of drug-likeness (QED) is 0.248. The van der Waals surface area contributed by atoms with Crippen molar-refractivity contribution in [3.8, 4) is 5.75 Å². The second kappa shape index (κ2) is 8.22. The zero-order valence-electron chi connectivity index (χ0n) is 12.6. The minimum atomic E-state index is -0.613. The molecule has 0 aliphatic rings. The summed E-state index contributed by atoms with van der Waals surface area (Å²) in [5, 5.41) is 25.7. The molecule has 2 rings (SSSR count). The summed E-state index contributed by atoms with van der Waals surface area (Å²) in [6.45, 7) is 0. The highest BCUT2D eigenvalue weighted by molar-refractivity contribution is 7.80. The Bertz CT molecular complexity index is 870. The maximum atomic E-state index is 11.8. The van der Waals surface area contributed by atoms with Crippen molar-refractivity contribution in [2.24, 2.45) is 0 Å². The molecule has 25 heavy (non-hydrogen) atoms. The van der Waals surface area contributed by atoms with E-state index in [0.717, 1.165) is 18.2 Å². The molecular formula is C16H12ClN3O4S. The summed E-state index contributed by atoms with van der Waals surface area (Å²) in [6.07, 6.45) is 2.76. The molecule has 0 unspecified atom stereocenters. The summed E-state index contributed by atoms with van der Waals surface area (Å²) in [5.41, 5.74) is 0.442. The SMILES string of the molecule is O=C(/C=C/c1ccccc1Cl)NC(=S)Nc1cc([N+](=O)[O-])ccc1O. The van der Waals surface area contributed by atoms with Gasteiger partial charge in [-0.1, -0.05) is 29.8 Å². The Hall–Kier alpha value is -2.97. The van der Waals surface area contributed by atoms with Crippen LogP contribution in [-0.4, -0.2) is 21.0 Å². The van der Waals surface area contributed by atoms with Gasteiger partial charge in [0.25, 0.3) is 5.69 Å². The number of nitro benzene ring substituents is 1. The lowest BCUT2D eigenvalue weighted by atomic mass is 10.2. The number of phenols is 1. The van der Waals surface area contributed by atoms with Gasteiger partial charge in [0.05, 0.1) is 10.6 Å². The van der Waals surface area contributed by atoms with Crippen molar-refractivity contribution in [1.82, 2.24) is 5.32 Å². The van der Waals surface area contributed by atoms with Gasteiger partial charge in [-0.3, -0.25) is 20.2 Å². The number of carbonyl (C=O) groups excluding carboxylic acids is 1. The molecule has 0 radical (unpaired) electrons. The van der Waals surface area contributed by atoms with Crippen LogP contribution in [0.4, 0.5) is 11.4 Å². The molecule has 0 fully saturated rings. The zero-order valence-corrected chi connectivity index (χ0v) is 14.2. The third-order valence-corrected chi connectivity index (χ3v) is 3.54. The number of nitrogens with one attached hydrogen (secondary N) is 2. The molecular weight excluding hydrogens is 366 g/mol. The molecule has 2 aromatic rings. The highest BCUT2D eigenvalue weighted by atomic mass is 35.5. The van der Waals surface area contributed by atoms with Crippen LogP contribution in [0, 0.1) is 10.1 Å². The largest absolute Gasteiger partial charge is 0.506 e. The van der Waals surface area contributed by atoms with Gasteiger partial charge in [-0.2, -0.15) is 0 Å². The first-order chi connectivity index (χ1) is 11.9. The molecule has 9 heteroatoms. The molecule has 2 aromatic carbocycles. The number of aromatic hydroxyl groups is 1.